The second kappa shape index (κ2) is 6.51. The third-order valence-electron chi connectivity index (χ3n) is 3.63. The molecule has 1 aromatic rings. The number of benzene rings is 1. The van der Waals surface area contributed by atoms with Crippen LogP contribution in [0.5, 0.6) is 0 Å². The van der Waals surface area contributed by atoms with E-state index in [1.54, 1.807) is 0 Å². The first-order chi connectivity index (χ1) is 11.8. The maximum Gasteiger partial charge on any atom is 0.417 e. The van der Waals surface area contributed by atoms with Crippen molar-refractivity contribution < 1.29 is 31.1 Å². The van der Waals surface area contributed by atoms with Crippen LogP contribution in [-0.2, 0) is 11.0 Å². The number of nitriles is 1. The Morgan fingerprint density at radius 1 is 1.35 bits per heavy atom. The molecule has 0 aliphatic carbocycles. The van der Waals surface area contributed by atoms with Gasteiger partial charge in [0.25, 0.3) is 5.91 Å². The van der Waals surface area contributed by atoms with Crippen LogP contribution in [0.1, 0.15) is 30.9 Å². The van der Waals surface area contributed by atoms with Crippen molar-refractivity contribution in [1.82, 2.24) is 5.43 Å². The van der Waals surface area contributed by atoms with Crippen molar-refractivity contribution in [3.63, 3.8) is 0 Å². The summed E-state index contributed by atoms with van der Waals surface area (Å²) in [6, 6.07) is 3.99. The summed E-state index contributed by atoms with van der Waals surface area (Å²) >= 11 is 0. The van der Waals surface area contributed by atoms with E-state index in [4.69, 9.17) is 5.26 Å². The van der Waals surface area contributed by atoms with E-state index in [1.165, 1.54) is 13.0 Å². The lowest BCUT2D eigenvalue weighted by atomic mass is 9.94. The Labute approximate surface area is 143 Å². The molecule has 1 amide bonds. The van der Waals surface area contributed by atoms with Gasteiger partial charge in [-0.05, 0) is 25.1 Å². The zero-order chi connectivity index (χ0) is 19.8. The highest BCUT2D eigenvalue weighted by Gasteiger charge is 2.42. The lowest BCUT2D eigenvalue weighted by Gasteiger charge is -2.23. The minimum atomic E-state index is -4.80. The molecule has 26 heavy (non-hydrogen) atoms. The van der Waals surface area contributed by atoms with E-state index in [0.29, 0.717) is 6.07 Å². The number of amides is 1. The highest BCUT2D eigenvalue weighted by atomic mass is 19.4. The molecule has 1 aliphatic heterocycles. The van der Waals surface area contributed by atoms with Crippen LogP contribution in [0, 0.1) is 11.3 Å². The minimum absolute atomic E-state index is 0.242. The summed E-state index contributed by atoms with van der Waals surface area (Å²) < 4.78 is 76.0. The molecular formula is C15H12F6N4O. The van der Waals surface area contributed by atoms with Gasteiger partial charge >= 0.3 is 12.4 Å². The standard InChI is InChI=1S/C15H12F6N4O/c1-13(5-10(24-25-13)6-14(16,17)18)12(26)23-9-3-2-8(7-22)11(4-9)15(19,20)21/h2-4,25H,5-6H2,1H3,(H,23,26). The zero-order valence-electron chi connectivity index (χ0n) is 13.2. The lowest BCUT2D eigenvalue weighted by Crippen LogP contribution is -2.47. The van der Waals surface area contributed by atoms with Gasteiger partial charge in [-0.25, -0.2) is 0 Å². The van der Waals surface area contributed by atoms with Gasteiger partial charge in [-0.2, -0.15) is 36.7 Å². The molecule has 5 nitrogen and oxygen atoms in total. The molecule has 140 valence electrons. The van der Waals surface area contributed by atoms with Crippen LogP contribution < -0.4 is 10.7 Å². The summed E-state index contributed by atoms with van der Waals surface area (Å²) in [7, 11) is 0. The maximum atomic E-state index is 12.9. The number of anilines is 1. The monoisotopic (exact) mass is 378 g/mol. The van der Waals surface area contributed by atoms with Crippen molar-refractivity contribution in [2.45, 2.75) is 37.7 Å². The van der Waals surface area contributed by atoms with Gasteiger partial charge in [-0.15, -0.1) is 0 Å². The van der Waals surface area contributed by atoms with E-state index in [-0.39, 0.29) is 17.8 Å². The van der Waals surface area contributed by atoms with Gasteiger partial charge in [-0.3, -0.25) is 10.2 Å². The van der Waals surface area contributed by atoms with Crippen molar-refractivity contribution in [1.29, 1.82) is 5.26 Å². The first-order valence-electron chi connectivity index (χ1n) is 7.16. The predicted molar refractivity (Wildman–Crippen MR) is 79.1 cm³/mol. The Hall–Kier alpha value is -2.77. The van der Waals surface area contributed by atoms with Gasteiger partial charge in [-0.1, -0.05) is 0 Å². The summed E-state index contributed by atoms with van der Waals surface area (Å²) in [6.45, 7) is 1.28. The SMILES string of the molecule is CC1(C(=O)Nc2ccc(C#N)c(C(F)(F)F)c2)CC(CC(F)(F)F)=NN1. The number of carbonyl (C=O) groups is 1. The Bertz CT molecular complexity index is 793. The normalized spacial score (nSPS) is 20.2. The molecule has 1 aliphatic rings. The second-order valence-corrected chi connectivity index (χ2v) is 5.91. The smallest absolute Gasteiger partial charge is 0.324 e. The van der Waals surface area contributed by atoms with Gasteiger partial charge in [0.2, 0.25) is 0 Å². The number of hydrogen-bond acceptors (Lipinski definition) is 4. The molecule has 0 radical (unpaired) electrons. The Morgan fingerprint density at radius 2 is 2.00 bits per heavy atom. The van der Waals surface area contributed by atoms with Gasteiger partial charge in [0.1, 0.15) is 5.54 Å². The molecule has 11 heteroatoms. The molecule has 1 aromatic carbocycles. The fourth-order valence-corrected chi connectivity index (χ4v) is 2.38. The molecule has 1 unspecified atom stereocenters. The topological polar surface area (TPSA) is 77.3 Å². The summed E-state index contributed by atoms with van der Waals surface area (Å²) in [6.07, 6.45) is -10.9. The van der Waals surface area contributed by atoms with E-state index in [0.717, 1.165) is 12.1 Å². The van der Waals surface area contributed by atoms with Crippen molar-refractivity contribution >= 4 is 17.3 Å². The van der Waals surface area contributed by atoms with E-state index in [9.17, 15) is 31.1 Å². The molecule has 2 rings (SSSR count). The average molecular weight is 378 g/mol. The fourth-order valence-electron chi connectivity index (χ4n) is 2.38. The van der Waals surface area contributed by atoms with Gasteiger partial charge in [0.15, 0.2) is 0 Å². The number of alkyl halides is 6. The molecule has 0 saturated heterocycles. The second-order valence-electron chi connectivity index (χ2n) is 5.91. The highest BCUT2D eigenvalue weighted by molar-refractivity contribution is 6.03. The van der Waals surface area contributed by atoms with Crippen molar-refractivity contribution in [3.8, 4) is 6.07 Å². The van der Waals surface area contributed by atoms with Crippen LogP contribution in [0.4, 0.5) is 32.0 Å². The number of rotatable bonds is 3. The van der Waals surface area contributed by atoms with Crippen molar-refractivity contribution in [2.75, 3.05) is 5.32 Å². The van der Waals surface area contributed by atoms with E-state index in [2.05, 4.69) is 15.8 Å². The Morgan fingerprint density at radius 3 is 2.54 bits per heavy atom. The van der Waals surface area contributed by atoms with Crippen LogP contribution >= 0.6 is 0 Å². The minimum Gasteiger partial charge on any atom is -0.324 e. The molecular weight excluding hydrogens is 366 g/mol. The molecule has 0 spiro atoms. The van der Waals surface area contributed by atoms with Crippen LogP contribution in [0.3, 0.4) is 0 Å². The Kier molecular flexibility index (Phi) is 4.90. The van der Waals surface area contributed by atoms with Crippen molar-refractivity contribution in [3.05, 3.63) is 29.3 Å². The van der Waals surface area contributed by atoms with Gasteiger partial charge in [0.05, 0.1) is 23.6 Å². The molecule has 0 aromatic heterocycles. The summed E-state index contributed by atoms with van der Waals surface area (Å²) in [4.78, 5) is 12.3. The Balaban J connectivity index is 2.15. The predicted octanol–water partition coefficient (Wildman–Crippen LogP) is 3.58. The lowest BCUT2D eigenvalue weighted by molar-refractivity contribution is -0.137. The van der Waals surface area contributed by atoms with E-state index >= 15 is 0 Å². The summed E-state index contributed by atoms with van der Waals surface area (Å²) in [5.74, 6) is -0.851. The quantitative estimate of drug-likeness (QED) is 0.790. The molecule has 2 N–H and O–H groups in total. The zero-order valence-corrected chi connectivity index (χ0v) is 13.2. The van der Waals surface area contributed by atoms with Crippen LogP contribution in [-0.4, -0.2) is 23.3 Å². The number of halogens is 6. The number of nitrogens with one attached hydrogen (secondary N) is 2. The average Bonchev–Trinajstić information content (AvgIpc) is 2.86. The molecule has 0 bridgehead atoms. The van der Waals surface area contributed by atoms with Crippen molar-refractivity contribution in [2.24, 2.45) is 5.10 Å². The largest absolute Gasteiger partial charge is 0.417 e. The highest BCUT2D eigenvalue weighted by Crippen LogP contribution is 2.34. The first kappa shape index (κ1) is 19.6. The number of carbonyl (C=O) groups excluding carboxylic acids is 1. The number of hydrogen-bond donors (Lipinski definition) is 2. The van der Waals surface area contributed by atoms with Crippen LogP contribution in [0.25, 0.3) is 0 Å². The third-order valence-corrected chi connectivity index (χ3v) is 3.63. The molecule has 0 fully saturated rings. The van der Waals surface area contributed by atoms with Gasteiger partial charge in [0, 0.05) is 17.8 Å². The number of nitrogens with zero attached hydrogens (tertiary/aromatic N) is 2. The third kappa shape index (κ3) is 4.44. The van der Waals surface area contributed by atoms with E-state index in [1.807, 2.05) is 0 Å². The first-order valence-corrected chi connectivity index (χ1v) is 7.16. The van der Waals surface area contributed by atoms with Crippen LogP contribution in [0.2, 0.25) is 0 Å². The number of hydrazone groups is 1. The summed E-state index contributed by atoms with van der Waals surface area (Å²) in [5.41, 5.74) is -1.61. The fraction of sp³-hybridized carbons (Fsp3) is 0.400. The summed E-state index contributed by atoms with van der Waals surface area (Å²) in [5, 5.41) is 14.4. The van der Waals surface area contributed by atoms with E-state index < -0.39 is 41.3 Å². The molecule has 1 atom stereocenters. The maximum absolute atomic E-state index is 12.9. The molecule has 1 heterocycles. The van der Waals surface area contributed by atoms with Crippen LogP contribution in [0.15, 0.2) is 23.3 Å². The van der Waals surface area contributed by atoms with Gasteiger partial charge < -0.3 is 5.32 Å². The molecule has 0 saturated carbocycles.